The van der Waals surface area contributed by atoms with E-state index >= 15 is 0 Å². The molecule has 0 spiro atoms. The quantitative estimate of drug-likeness (QED) is 0.617. The zero-order valence-corrected chi connectivity index (χ0v) is 10.4. The molecule has 0 unspecified atom stereocenters. The maximum Gasteiger partial charge on any atom is 0.336 e. The molecule has 0 atom stereocenters. The summed E-state index contributed by atoms with van der Waals surface area (Å²) in [5, 5.41) is 1.66. The summed E-state index contributed by atoms with van der Waals surface area (Å²) in [6.45, 7) is 3.78. The van der Waals surface area contributed by atoms with Crippen LogP contribution in [0.25, 0.3) is 21.9 Å². The Morgan fingerprint density at radius 3 is 2.61 bits per heavy atom. The number of benzene rings is 1. The molecule has 2 aromatic heterocycles. The van der Waals surface area contributed by atoms with Crippen LogP contribution in [0.1, 0.15) is 11.1 Å². The fraction of sp³-hybridized carbons (Fsp3) is 0.214. The summed E-state index contributed by atoms with van der Waals surface area (Å²) in [7, 11) is 1.59. The first-order chi connectivity index (χ1) is 8.61. The number of methoxy groups -OCH3 is 1. The van der Waals surface area contributed by atoms with Crippen LogP contribution in [0.3, 0.4) is 0 Å². The van der Waals surface area contributed by atoms with Gasteiger partial charge in [-0.25, -0.2) is 4.79 Å². The molecule has 0 fully saturated rings. The van der Waals surface area contributed by atoms with Gasteiger partial charge in [0.1, 0.15) is 5.58 Å². The Hall–Kier alpha value is -2.23. The molecule has 3 rings (SSSR count). The summed E-state index contributed by atoms with van der Waals surface area (Å²) in [5.74, 6) is 0.641. The minimum absolute atomic E-state index is 0.355. The van der Waals surface area contributed by atoms with Crippen molar-refractivity contribution in [3.8, 4) is 5.75 Å². The van der Waals surface area contributed by atoms with Gasteiger partial charge in [-0.2, -0.15) is 0 Å². The van der Waals surface area contributed by atoms with E-state index in [0.29, 0.717) is 16.9 Å². The Kier molecular flexibility index (Phi) is 2.20. The lowest BCUT2D eigenvalue weighted by molar-refractivity contribution is 0.410. The lowest BCUT2D eigenvalue weighted by Gasteiger charge is -2.06. The minimum atomic E-state index is -0.355. The molecule has 0 N–H and O–H groups in total. The smallest absolute Gasteiger partial charge is 0.336 e. The Morgan fingerprint density at radius 1 is 1.11 bits per heavy atom. The molecule has 4 nitrogen and oxygen atoms in total. The van der Waals surface area contributed by atoms with Gasteiger partial charge in [-0.15, -0.1) is 0 Å². The highest BCUT2D eigenvalue weighted by molar-refractivity contribution is 6.07. The van der Waals surface area contributed by atoms with Crippen LogP contribution in [0.4, 0.5) is 0 Å². The molecule has 0 bridgehead atoms. The summed E-state index contributed by atoms with van der Waals surface area (Å²) >= 11 is 0. The molecule has 4 heteroatoms. The van der Waals surface area contributed by atoms with Crippen LogP contribution >= 0.6 is 0 Å². The van der Waals surface area contributed by atoms with Crippen molar-refractivity contribution in [1.29, 1.82) is 0 Å². The molecule has 0 aliphatic heterocycles. The fourth-order valence-electron chi connectivity index (χ4n) is 2.24. The second-order valence-corrected chi connectivity index (χ2v) is 4.33. The van der Waals surface area contributed by atoms with Gasteiger partial charge in [-0.1, -0.05) is 0 Å². The van der Waals surface area contributed by atoms with Crippen molar-refractivity contribution in [1.82, 2.24) is 0 Å². The Morgan fingerprint density at radius 2 is 1.89 bits per heavy atom. The van der Waals surface area contributed by atoms with Crippen molar-refractivity contribution in [2.75, 3.05) is 7.11 Å². The highest BCUT2D eigenvalue weighted by atomic mass is 16.5. The maximum atomic E-state index is 11.5. The summed E-state index contributed by atoms with van der Waals surface area (Å²) in [6, 6.07) is 3.31. The van der Waals surface area contributed by atoms with Gasteiger partial charge >= 0.3 is 5.63 Å². The summed E-state index contributed by atoms with van der Waals surface area (Å²) in [6.07, 6.45) is 1.63. The van der Waals surface area contributed by atoms with Gasteiger partial charge in [-0.3, -0.25) is 0 Å². The van der Waals surface area contributed by atoms with Crippen LogP contribution in [0.2, 0.25) is 0 Å². The number of aryl methyl sites for hydroxylation is 2. The molecule has 18 heavy (non-hydrogen) atoms. The minimum Gasteiger partial charge on any atom is -0.493 e. The molecule has 0 saturated heterocycles. The molecule has 0 amide bonds. The van der Waals surface area contributed by atoms with E-state index in [0.717, 1.165) is 21.9 Å². The van der Waals surface area contributed by atoms with E-state index in [1.165, 1.54) is 6.07 Å². The number of furan rings is 1. The highest BCUT2D eigenvalue weighted by Gasteiger charge is 2.16. The lowest BCUT2D eigenvalue weighted by atomic mass is 10.1. The monoisotopic (exact) mass is 244 g/mol. The van der Waals surface area contributed by atoms with Gasteiger partial charge < -0.3 is 13.6 Å². The molecule has 0 saturated carbocycles. The number of hydrogen-bond acceptors (Lipinski definition) is 4. The van der Waals surface area contributed by atoms with E-state index in [4.69, 9.17) is 13.6 Å². The third kappa shape index (κ3) is 1.35. The summed E-state index contributed by atoms with van der Waals surface area (Å²) in [4.78, 5) is 11.5. The average molecular weight is 244 g/mol. The standard InChI is InChI=1S/C14H12O4/c1-7-4-11(15)18-13-9(7)5-10(16-3)14-12(13)8(2)6-17-14/h4-6H,1-3H3. The van der Waals surface area contributed by atoms with E-state index in [1.54, 1.807) is 13.4 Å². The highest BCUT2D eigenvalue weighted by Crippen LogP contribution is 2.36. The van der Waals surface area contributed by atoms with Gasteiger partial charge in [0.2, 0.25) is 0 Å². The van der Waals surface area contributed by atoms with Crippen LogP contribution in [0.5, 0.6) is 5.75 Å². The molecule has 2 heterocycles. The van der Waals surface area contributed by atoms with Crippen molar-refractivity contribution in [3.63, 3.8) is 0 Å². The predicted molar refractivity (Wildman–Crippen MR) is 68.3 cm³/mol. The zero-order chi connectivity index (χ0) is 12.9. The Balaban J connectivity index is 2.66. The van der Waals surface area contributed by atoms with Crippen molar-refractivity contribution in [2.24, 2.45) is 0 Å². The SMILES string of the molecule is COc1cc2c(C)cc(=O)oc2c2c(C)coc12. The number of ether oxygens (including phenoxy) is 1. The molecular formula is C14H12O4. The zero-order valence-electron chi connectivity index (χ0n) is 10.4. The van der Waals surface area contributed by atoms with Crippen LogP contribution in [-0.4, -0.2) is 7.11 Å². The molecule has 1 aromatic carbocycles. The van der Waals surface area contributed by atoms with Crippen LogP contribution in [0.15, 0.2) is 32.0 Å². The lowest BCUT2D eigenvalue weighted by Crippen LogP contribution is -1.98. The predicted octanol–water partition coefficient (Wildman–Crippen LogP) is 3.16. The molecule has 0 radical (unpaired) electrons. The molecule has 0 aliphatic carbocycles. The van der Waals surface area contributed by atoms with Crippen molar-refractivity contribution >= 4 is 21.9 Å². The molecule has 92 valence electrons. The van der Waals surface area contributed by atoms with Crippen molar-refractivity contribution < 1.29 is 13.6 Å². The maximum absolute atomic E-state index is 11.5. The first-order valence-corrected chi connectivity index (χ1v) is 5.61. The van der Waals surface area contributed by atoms with Crippen LogP contribution < -0.4 is 10.4 Å². The van der Waals surface area contributed by atoms with Gasteiger partial charge in [0.15, 0.2) is 11.3 Å². The van der Waals surface area contributed by atoms with E-state index in [1.807, 2.05) is 19.9 Å². The number of hydrogen-bond donors (Lipinski definition) is 0. The summed E-state index contributed by atoms with van der Waals surface area (Å²) in [5.41, 5.74) is 2.59. The van der Waals surface area contributed by atoms with Gasteiger partial charge in [0, 0.05) is 11.5 Å². The fourth-order valence-corrected chi connectivity index (χ4v) is 2.24. The molecule has 0 aliphatic rings. The first-order valence-electron chi connectivity index (χ1n) is 5.61. The van der Waals surface area contributed by atoms with E-state index in [9.17, 15) is 4.79 Å². The number of rotatable bonds is 1. The number of fused-ring (bicyclic) bond motifs is 3. The third-order valence-corrected chi connectivity index (χ3v) is 3.13. The van der Waals surface area contributed by atoms with Crippen molar-refractivity contribution in [3.05, 3.63) is 39.9 Å². The van der Waals surface area contributed by atoms with Crippen molar-refractivity contribution in [2.45, 2.75) is 13.8 Å². The van der Waals surface area contributed by atoms with Crippen LogP contribution in [-0.2, 0) is 0 Å². The largest absolute Gasteiger partial charge is 0.493 e. The van der Waals surface area contributed by atoms with E-state index in [2.05, 4.69) is 0 Å². The van der Waals surface area contributed by atoms with Gasteiger partial charge in [0.25, 0.3) is 0 Å². The molecular weight excluding hydrogens is 232 g/mol. The van der Waals surface area contributed by atoms with Gasteiger partial charge in [0.05, 0.1) is 18.8 Å². The molecule has 3 aromatic rings. The first kappa shape index (κ1) is 10.9. The normalized spacial score (nSPS) is 11.3. The van der Waals surface area contributed by atoms with E-state index in [-0.39, 0.29) is 5.63 Å². The third-order valence-electron chi connectivity index (χ3n) is 3.13. The summed E-state index contributed by atoms with van der Waals surface area (Å²) < 4.78 is 16.1. The topological polar surface area (TPSA) is 52.6 Å². The Bertz CT molecular complexity index is 808. The van der Waals surface area contributed by atoms with Gasteiger partial charge in [-0.05, 0) is 31.0 Å². The Labute approximate surface area is 103 Å². The second kappa shape index (κ2) is 3.63. The average Bonchev–Trinajstić information content (AvgIpc) is 2.71. The second-order valence-electron chi connectivity index (χ2n) is 4.33. The van der Waals surface area contributed by atoms with E-state index < -0.39 is 0 Å². The van der Waals surface area contributed by atoms with Crippen LogP contribution in [0, 0.1) is 13.8 Å².